The molecule has 0 saturated carbocycles. The fourth-order valence-electron chi connectivity index (χ4n) is 2.52. The monoisotopic (exact) mass is 281 g/mol. The summed E-state index contributed by atoms with van der Waals surface area (Å²) in [6.07, 6.45) is 6.82. The fraction of sp³-hybridized carbons (Fsp3) is 0.176. The third-order valence-corrected chi connectivity index (χ3v) is 3.56. The zero-order valence-electron chi connectivity index (χ0n) is 11.7. The molecular weight excluding hydrogens is 266 g/mol. The number of fused-ring (bicyclic) bond motifs is 1. The van der Waals surface area contributed by atoms with Gasteiger partial charge in [-0.25, -0.2) is 0 Å². The van der Waals surface area contributed by atoms with Crippen LogP contribution in [-0.4, -0.2) is 18.9 Å². The SMILES string of the molecule is COc1ccc(C=C2C=C3CC(=O)NC(=O)C3=CC2)cc1. The van der Waals surface area contributed by atoms with Crippen LogP contribution in [0.2, 0.25) is 0 Å². The number of imide groups is 1. The van der Waals surface area contributed by atoms with E-state index in [4.69, 9.17) is 4.74 Å². The lowest BCUT2D eigenvalue weighted by Gasteiger charge is -2.21. The average molecular weight is 281 g/mol. The summed E-state index contributed by atoms with van der Waals surface area (Å²) in [6.45, 7) is 0. The average Bonchev–Trinajstić information content (AvgIpc) is 2.47. The summed E-state index contributed by atoms with van der Waals surface area (Å²) in [5, 5.41) is 2.34. The molecule has 21 heavy (non-hydrogen) atoms. The standard InChI is InChI=1S/C17H15NO3/c1-21-14-5-2-11(3-6-14)8-12-4-7-15-13(9-12)10-16(19)18-17(15)20/h2-3,5-9H,4,10H2,1H3,(H,18,19,20). The van der Waals surface area contributed by atoms with Crippen molar-refractivity contribution in [2.24, 2.45) is 0 Å². The van der Waals surface area contributed by atoms with Crippen LogP contribution in [0.1, 0.15) is 18.4 Å². The molecule has 1 N–H and O–H groups in total. The number of benzene rings is 1. The van der Waals surface area contributed by atoms with Gasteiger partial charge in [0.05, 0.1) is 13.5 Å². The summed E-state index contributed by atoms with van der Waals surface area (Å²) in [4.78, 5) is 23.1. The molecule has 1 aromatic rings. The van der Waals surface area contributed by atoms with E-state index in [1.165, 1.54) is 0 Å². The van der Waals surface area contributed by atoms with Gasteiger partial charge >= 0.3 is 0 Å². The molecule has 106 valence electrons. The number of hydrogen-bond acceptors (Lipinski definition) is 3. The van der Waals surface area contributed by atoms with Crippen LogP contribution >= 0.6 is 0 Å². The lowest BCUT2D eigenvalue weighted by atomic mass is 9.88. The first-order chi connectivity index (χ1) is 10.2. The van der Waals surface area contributed by atoms with Gasteiger partial charge in [0.15, 0.2) is 0 Å². The molecular formula is C17H15NO3. The molecule has 2 aliphatic rings. The Morgan fingerprint density at radius 1 is 1.19 bits per heavy atom. The molecule has 1 aliphatic heterocycles. The van der Waals surface area contributed by atoms with E-state index in [-0.39, 0.29) is 18.2 Å². The molecule has 0 spiro atoms. The Labute approximate surface area is 122 Å². The normalized spacial score (nSPS) is 19.6. The molecule has 0 bridgehead atoms. The number of carbonyl (C=O) groups is 2. The minimum Gasteiger partial charge on any atom is -0.497 e. The van der Waals surface area contributed by atoms with Gasteiger partial charge in [0.25, 0.3) is 5.91 Å². The molecule has 0 radical (unpaired) electrons. The van der Waals surface area contributed by atoms with Crippen molar-refractivity contribution in [2.75, 3.05) is 7.11 Å². The number of carbonyl (C=O) groups excluding carboxylic acids is 2. The molecule has 1 aromatic carbocycles. The number of amides is 2. The second kappa shape index (κ2) is 5.40. The maximum Gasteiger partial charge on any atom is 0.257 e. The Balaban J connectivity index is 1.86. The van der Waals surface area contributed by atoms with Crippen LogP contribution in [0.5, 0.6) is 5.75 Å². The maximum absolute atomic E-state index is 11.7. The third-order valence-electron chi connectivity index (χ3n) is 3.56. The molecule has 0 atom stereocenters. The zero-order chi connectivity index (χ0) is 14.8. The molecule has 0 aromatic heterocycles. The first-order valence-electron chi connectivity index (χ1n) is 6.75. The highest BCUT2D eigenvalue weighted by atomic mass is 16.5. The van der Waals surface area contributed by atoms with E-state index in [9.17, 15) is 9.59 Å². The van der Waals surface area contributed by atoms with Gasteiger partial charge in [-0.05, 0) is 35.3 Å². The molecule has 1 saturated heterocycles. The Morgan fingerprint density at radius 3 is 2.67 bits per heavy atom. The molecule has 1 aliphatic carbocycles. The van der Waals surface area contributed by atoms with Gasteiger partial charge in [-0.3, -0.25) is 14.9 Å². The predicted octanol–water partition coefficient (Wildman–Crippen LogP) is 2.38. The van der Waals surface area contributed by atoms with Crippen molar-refractivity contribution in [2.45, 2.75) is 12.8 Å². The quantitative estimate of drug-likeness (QED) is 0.847. The van der Waals surface area contributed by atoms with Crippen molar-refractivity contribution in [1.82, 2.24) is 5.32 Å². The first kappa shape index (κ1) is 13.4. The highest BCUT2D eigenvalue weighted by Crippen LogP contribution is 2.29. The molecule has 2 amide bonds. The summed E-state index contributed by atoms with van der Waals surface area (Å²) in [5.74, 6) is 0.283. The Kier molecular flexibility index (Phi) is 3.44. The third kappa shape index (κ3) is 2.79. The van der Waals surface area contributed by atoms with E-state index < -0.39 is 0 Å². The minimum atomic E-state index is -0.291. The number of methoxy groups -OCH3 is 1. The van der Waals surface area contributed by atoms with Crippen molar-refractivity contribution in [3.8, 4) is 5.75 Å². The van der Waals surface area contributed by atoms with Gasteiger partial charge in [0.1, 0.15) is 5.75 Å². The highest BCUT2D eigenvalue weighted by molar-refractivity contribution is 6.12. The van der Waals surface area contributed by atoms with Crippen LogP contribution in [0.4, 0.5) is 0 Å². The Bertz CT molecular complexity index is 693. The lowest BCUT2D eigenvalue weighted by Crippen LogP contribution is -2.37. The summed E-state index contributed by atoms with van der Waals surface area (Å²) in [7, 11) is 1.64. The minimum absolute atomic E-state index is 0.242. The van der Waals surface area contributed by atoms with Crippen molar-refractivity contribution in [1.29, 1.82) is 0 Å². The Morgan fingerprint density at radius 2 is 1.95 bits per heavy atom. The van der Waals surface area contributed by atoms with E-state index in [0.717, 1.165) is 22.5 Å². The number of nitrogens with one attached hydrogen (secondary N) is 1. The van der Waals surface area contributed by atoms with Crippen LogP contribution in [-0.2, 0) is 9.59 Å². The van der Waals surface area contributed by atoms with Crippen LogP contribution in [0.3, 0.4) is 0 Å². The van der Waals surface area contributed by atoms with Crippen LogP contribution in [0, 0.1) is 0 Å². The molecule has 4 nitrogen and oxygen atoms in total. The summed E-state index contributed by atoms with van der Waals surface area (Å²) < 4.78 is 5.13. The van der Waals surface area contributed by atoms with Crippen molar-refractivity contribution in [3.05, 3.63) is 58.7 Å². The van der Waals surface area contributed by atoms with Crippen LogP contribution < -0.4 is 10.1 Å². The molecule has 1 heterocycles. The second-order valence-electron chi connectivity index (χ2n) is 5.04. The summed E-state index contributed by atoms with van der Waals surface area (Å²) >= 11 is 0. The van der Waals surface area contributed by atoms with E-state index in [2.05, 4.69) is 11.4 Å². The fourth-order valence-corrected chi connectivity index (χ4v) is 2.52. The maximum atomic E-state index is 11.7. The lowest BCUT2D eigenvalue weighted by molar-refractivity contribution is -0.129. The number of allylic oxidation sites excluding steroid dienone is 3. The molecule has 1 fully saturated rings. The van der Waals surface area contributed by atoms with Crippen molar-refractivity contribution >= 4 is 17.9 Å². The molecule has 0 unspecified atom stereocenters. The number of ether oxygens (including phenoxy) is 1. The topological polar surface area (TPSA) is 55.4 Å². The largest absolute Gasteiger partial charge is 0.497 e. The number of rotatable bonds is 2. The van der Waals surface area contributed by atoms with E-state index in [1.54, 1.807) is 7.11 Å². The predicted molar refractivity (Wildman–Crippen MR) is 79.5 cm³/mol. The first-order valence-corrected chi connectivity index (χ1v) is 6.75. The van der Waals surface area contributed by atoms with E-state index >= 15 is 0 Å². The van der Waals surface area contributed by atoms with Gasteiger partial charge in [-0.15, -0.1) is 0 Å². The summed E-state index contributed by atoms with van der Waals surface area (Å²) in [5.41, 5.74) is 3.57. The van der Waals surface area contributed by atoms with Gasteiger partial charge in [-0.1, -0.05) is 30.4 Å². The van der Waals surface area contributed by atoms with Crippen molar-refractivity contribution < 1.29 is 14.3 Å². The van der Waals surface area contributed by atoms with Gasteiger partial charge in [0.2, 0.25) is 5.91 Å². The number of hydrogen-bond donors (Lipinski definition) is 1. The molecule has 4 heteroatoms. The van der Waals surface area contributed by atoms with Gasteiger partial charge in [0, 0.05) is 5.57 Å². The van der Waals surface area contributed by atoms with Crippen molar-refractivity contribution in [3.63, 3.8) is 0 Å². The number of piperidine rings is 1. The van der Waals surface area contributed by atoms with E-state index in [0.29, 0.717) is 12.0 Å². The second-order valence-corrected chi connectivity index (χ2v) is 5.04. The summed E-state index contributed by atoms with van der Waals surface area (Å²) in [6, 6.07) is 7.76. The van der Waals surface area contributed by atoms with E-state index in [1.807, 2.05) is 36.4 Å². The van der Waals surface area contributed by atoms with Gasteiger partial charge < -0.3 is 4.74 Å². The smallest absolute Gasteiger partial charge is 0.257 e. The molecule has 3 rings (SSSR count). The zero-order valence-corrected chi connectivity index (χ0v) is 11.7. The van der Waals surface area contributed by atoms with Crippen LogP contribution in [0.25, 0.3) is 6.08 Å². The highest BCUT2D eigenvalue weighted by Gasteiger charge is 2.26. The van der Waals surface area contributed by atoms with Crippen LogP contribution in [0.15, 0.2) is 53.1 Å². The Hall–Kier alpha value is -2.62. The van der Waals surface area contributed by atoms with Gasteiger partial charge in [-0.2, -0.15) is 0 Å².